The second kappa shape index (κ2) is 12.2. The Balaban J connectivity index is 0.000000269. The lowest BCUT2D eigenvalue weighted by atomic mass is 10.2. The van der Waals surface area contributed by atoms with E-state index in [2.05, 4.69) is 25.9 Å². The van der Waals surface area contributed by atoms with E-state index in [1.807, 2.05) is 44.2 Å². The Morgan fingerprint density at radius 1 is 0.722 bits per heavy atom. The van der Waals surface area contributed by atoms with Crippen molar-refractivity contribution in [2.24, 2.45) is 0 Å². The molecule has 0 aliphatic rings. The Morgan fingerprint density at radius 2 is 1.19 bits per heavy atom. The Bertz CT molecular complexity index is 1120. The Hall–Kier alpha value is -3.21. The van der Waals surface area contributed by atoms with Gasteiger partial charge in [0.15, 0.2) is 11.0 Å². The molecule has 5 nitrogen and oxygen atoms in total. The zero-order valence-corrected chi connectivity index (χ0v) is 20.6. The fourth-order valence-corrected chi connectivity index (χ4v) is 2.97. The second-order valence-electron chi connectivity index (χ2n) is 8.27. The first kappa shape index (κ1) is 29.0. The van der Waals surface area contributed by atoms with Crippen LogP contribution in [0.1, 0.15) is 38.8 Å². The maximum absolute atomic E-state index is 12.8. The molecule has 2 aromatic heterocycles. The van der Waals surface area contributed by atoms with E-state index in [0.29, 0.717) is 17.7 Å². The van der Waals surface area contributed by atoms with Crippen molar-refractivity contribution in [3.8, 4) is 0 Å². The number of aromatic nitrogens is 2. The molecule has 2 heterocycles. The summed E-state index contributed by atoms with van der Waals surface area (Å²) in [6.07, 6.45) is -7.26. The predicted octanol–water partition coefficient (Wildman–Crippen LogP) is 8.24. The Kier molecular flexibility index (Phi) is 9.80. The molecule has 3 aromatic rings. The van der Waals surface area contributed by atoms with Crippen LogP contribution in [0.3, 0.4) is 0 Å². The van der Waals surface area contributed by atoms with Crippen LogP contribution in [-0.2, 0) is 12.4 Å². The molecule has 0 atom stereocenters. The third-order valence-corrected chi connectivity index (χ3v) is 4.61. The van der Waals surface area contributed by atoms with Crippen LogP contribution in [0.25, 0.3) is 0 Å². The van der Waals surface area contributed by atoms with Crippen LogP contribution >= 0.6 is 11.6 Å². The highest BCUT2D eigenvalue weighted by atomic mass is 35.5. The fourth-order valence-electron chi connectivity index (χ4n) is 2.81. The van der Waals surface area contributed by atoms with Crippen LogP contribution in [0.15, 0.2) is 54.9 Å². The summed E-state index contributed by atoms with van der Waals surface area (Å²) in [7, 11) is 0. The minimum atomic E-state index is -4.41. The molecule has 12 heteroatoms. The van der Waals surface area contributed by atoms with Crippen molar-refractivity contribution < 1.29 is 26.3 Å². The monoisotopic (exact) mass is 533 g/mol. The maximum atomic E-state index is 12.8. The van der Waals surface area contributed by atoms with Crippen LogP contribution in [-0.4, -0.2) is 22.1 Å². The third kappa shape index (κ3) is 9.10. The summed E-state index contributed by atoms with van der Waals surface area (Å²) in [5.74, 6) is 0.364. The van der Waals surface area contributed by atoms with Crippen molar-refractivity contribution in [2.45, 2.75) is 52.1 Å². The number of nitrogens with zero attached hydrogens (tertiary/aromatic N) is 2. The normalized spacial score (nSPS) is 11.7. The van der Waals surface area contributed by atoms with E-state index < -0.39 is 23.5 Å². The van der Waals surface area contributed by atoms with Gasteiger partial charge in [0, 0.05) is 30.2 Å². The summed E-state index contributed by atoms with van der Waals surface area (Å²) in [5.41, 5.74) is -0.305. The van der Waals surface area contributed by atoms with Crippen LogP contribution < -0.4 is 16.0 Å². The minimum Gasteiger partial charge on any atom is -0.380 e. The predicted molar refractivity (Wildman–Crippen MR) is 131 cm³/mol. The summed E-state index contributed by atoms with van der Waals surface area (Å²) in [6, 6.07) is 11.2. The van der Waals surface area contributed by atoms with Crippen LogP contribution in [0.4, 0.5) is 49.2 Å². The SMILES string of the molecule is CC(C)Nc1cc(C(F)(F)F)cnc1Cl.CC(C)Nc1cc(C(F)(F)F)cnc1Nc1ccccc1. The number of alkyl halides is 6. The molecule has 196 valence electrons. The molecule has 0 unspecified atom stereocenters. The lowest BCUT2D eigenvalue weighted by Gasteiger charge is -2.17. The number of nitrogens with one attached hydrogen (secondary N) is 3. The van der Waals surface area contributed by atoms with Crippen LogP contribution in [0, 0.1) is 0 Å². The van der Waals surface area contributed by atoms with Gasteiger partial charge < -0.3 is 16.0 Å². The minimum absolute atomic E-state index is 0.00668. The summed E-state index contributed by atoms with van der Waals surface area (Å²) >= 11 is 5.65. The van der Waals surface area contributed by atoms with Crippen molar-refractivity contribution >= 4 is 34.5 Å². The maximum Gasteiger partial charge on any atom is 0.417 e. The largest absolute Gasteiger partial charge is 0.417 e. The van der Waals surface area contributed by atoms with Gasteiger partial charge in [-0.25, -0.2) is 9.97 Å². The van der Waals surface area contributed by atoms with Crippen molar-refractivity contribution in [1.82, 2.24) is 9.97 Å². The van der Waals surface area contributed by atoms with Gasteiger partial charge in [-0.15, -0.1) is 0 Å². The van der Waals surface area contributed by atoms with Gasteiger partial charge in [-0.1, -0.05) is 29.8 Å². The highest BCUT2D eigenvalue weighted by molar-refractivity contribution is 6.32. The summed E-state index contributed by atoms with van der Waals surface area (Å²) in [4.78, 5) is 7.38. The smallest absolute Gasteiger partial charge is 0.380 e. The van der Waals surface area contributed by atoms with E-state index in [9.17, 15) is 26.3 Å². The lowest BCUT2D eigenvalue weighted by Crippen LogP contribution is -2.14. The first-order chi connectivity index (χ1) is 16.7. The van der Waals surface area contributed by atoms with E-state index in [1.165, 1.54) is 0 Å². The lowest BCUT2D eigenvalue weighted by molar-refractivity contribution is -0.138. The zero-order chi connectivity index (χ0) is 27.1. The molecule has 3 rings (SSSR count). The molecule has 0 aliphatic carbocycles. The van der Waals surface area contributed by atoms with Gasteiger partial charge in [0.05, 0.1) is 22.5 Å². The van der Waals surface area contributed by atoms with Gasteiger partial charge in [-0.2, -0.15) is 26.3 Å². The number of rotatable bonds is 6. The van der Waals surface area contributed by atoms with E-state index in [0.717, 1.165) is 24.0 Å². The van der Waals surface area contributed by atoms with Crippen molar-refractivity contribution in [3.05, 3.63) is 71.1 Å². The first-order valence-electron chi connectivity index (χ1n) is 10.8. The number of anilines is 4. The standard InChI is InChI=1S/C15H16F3N3.C9H10ClF3N2/c1-10(2)20-13-8-11(15(16,17)18)9-19-14(13)21-12-6-4-3-5-7-12;1-5(2)15-7-3-6(9(11,12)13)4-14-8(7)10/h3-10,20H,1-2H3,(H,19,21);3-5,15H,1-2H3. The summed E-state index contributed by atoms with van der Waals surface area (Å²) in [5, 5.41) is 8.83. The molecule has 0 bridgehead atoms. The van der Waals surface area contributed by atoms with E-state index >= 15 is 0 Å². The van der Waals surface area contributed by atoms with E-state index in [1.54, 1.807) is 13.8 Å². The topological polar surface area (TPSA) is 61.9 Å². The van der Waals surface area contributed by atoms with E-state index in [-0.39, 0.29) is 22.9 Å². The molecule has 0 saturated heterocycles. The second-order valence-corrected chi connectivity index (χ2v) is 8.63. The molecular weight excluding hydrogens is 508 g/mol. The first-order valence-corrected chi connectivity index (χ1v) is 11.2. The number of hydrogen-bond donors (Lipinski definition) is 3. The number of pyridine rings is 2. The summed E-state index contributed by atoms with van der Waals surface area (Å²) < 4.78 is 75.3. The van der Waals surface area contributed by atoms with Crippen LogP contribution in [0.2, 0.25) is 5.15 Å². The van der Waals surface area contributed by atoms with Gasteiger partial charge in [-0.05, 0) is 52.0 Å². The third-order valence-electron chi connectivity index (χ3n) is 4.31. The summed E-state index contributed by atoms with van der Waals surface area (Å²) in [6.45, 7) is 7.31. The molecule has 36 heavy (non-hydrogen) atoms. The van der Waals surface area contributed by atoms with Crippen LogP contribution in [0.5, 0.6) is 0 Å². The van der Waals surface area contributed by atoms with Crippen molar-refractivity contribution in [2.75, 3.05) is 16.0 Å². The molecule has 0 spiro atoms. The van der Waals surface area contributed by atoms with Gasteiger partial charge in [0.1, 0.15) is 0 Å². The van der Waals surface area contributed by atoms with Gasteiger partial charge in [0.25, 0.3) is 0 Å². The number of hydrogen-bond acceptors (Lipinski definition) is 5. The molecule has 3 N–H and O–H groups in total. The number of para-hydroxylation sites is 1. The Labute approximate surface area is 210 Å². The molecular formula is C24H26ClF6N5. The average Bonchev–Trinajstić information content (AvgIpc) is 2.75. The molecule has 0 saturated carbocycles. The highest BCUT2D eigenvalue weighted by Crippen LogP contribution is 2.34. The molecule has 0 aliphatic heterocycles. The fraction of sp³-hybridized carbons (Fsp3) is 0.333. The number of benzene rings is 1. The average molecular weight is 534 g/mol. The van der Waals surface area contributed by atoms with Gasteiger partial charge in [-0.3, -0.25) is 0 Å². The zero-order valence-electron chi connectivity index (χ0n) is 19.9. The molecule has 0 fully saturated rings. The number of halogens is 7. The van der Waals surface area contributed by atoms with Crippen molar-refractivity contribution in [3.63, 3.8) is 0 Å². The molecule has 0 radical (unpaired) electrons. The van der Waals surface area contributed by atoms with Gasteiger partial charge in [0.2, 0.25) is 0 Å². The van der Waals surface area contributed by atoms with Crippen molar-refractivity contribution in [1.29, 1.82) is 0 Å². The molecule has 1 aromatic carbocycles. The van der Waals surface area contributed by atoms with E-state index in [4.69, 9.17) is 11.6 Å². The highest BCUT2D eigenvalue weighted by Gasteiger charge is 2.32. The van der Waals surface area contributed by atoms with Gasteiger partial charge >= 0.3 is 12.4 Å². The molecule has 0 amide bonds. The quantitative estimate of drug-likeness (QED) is 0.220. The Morgan fingerprint density at radius 3 is 1.69 bits per heavy atom.